The fourth-order valence-corrected chi connectivity index (χ4v) is 2.92. The molecule has 1 fully saturated rings. The first-order valence-corrected chi connectivity index (χ1v) is 8.79. The van der Waals surface area contributed by atoms with Crippen LogP contribution in [0.15, 0.2) is 54.6 Å². The number of esters is 1. The Morgan fingerprint density at radius 3 is 2.32 bits per heavy atom. The smallest absolute Gasteiger partial charge is 0.338 e. The highest BCUT2D eigenvalue weighted by molar-refractivity contribution is 5.89. The fourth-order valence-electron chi connectivity index (χ4n) is 2.92. The van der Waals surface area contributed by atoms with Gasteiger partial charge in [-0.2, -0.15) is 0 Å². The second kappa shape index (κ2) is 9.13. The van der Waals surface area contributed by atoms with Crippen LogP contribution in [-0.4, -0.2) is 63.7 Å². The molecule has 150 valence electrons. The first-order chi connectivity index (χ1) is 13.5. The molecule has 0 amide bonds. The van der Waals surface area contributed by atoms with Gasteiger partial charge in [-0.15, -0.1) is 0 Å². The number of ether oxygens (including phenoxy) is 3. The van der Waals surface area contributed by atoms with Gasteiger partial charge in [0.25, 0.3) is 0 Å². The average molecular weight is 390 g/mol. The Hall–Kier alpha value is -2.49. The van der Waals surface area contributed by atoms with Crippen LogP contribution in [0.5, 0.6) is 5.75 Å². The Bertz CT molecular complexity index is 781. The molecule has 0 radical (unpaired) electrons. The number of para-hydroxylation sites is 1. The van der Waals surface area contributed by atoms with Crippen LogP contribution in [0.3, 0.4) is 0 Å². The molecule has 0 aromatic heterocycles. The van der Waals surface area contributed by atoms with Crippen molar-refractivity contribution in [3.8, 4) is 5.75 Å². The maximum absolute atomic E-state index is 12.4. The van der Waals surface area contributed by atoms with Gasteiger partial charge < -0.3 is 34.6 Å². The third-order valence-electron chi connectivity index (χ3n) is 4.46. The lowest BCUT2D eigenvalue weighted by Gasteiger charge is -2.41. The number of carbonyl (C=O) groups excluding carboxylic acids is 1. The molecule has 2 aromatic rings. The summed E-state index contributed by atoms with van der Waals surface area (Å²) in [5.41, 5.74) is 0.711. The maximum atomic E-state index is 12.4. The molecule has 1 aliphatic rings. The van der Waals surface area contributed by atoms with E-state index in [0.717, 1.165) is 0 Å². The second-order valence-electron chi connectivity index (χ2n) is 6.33. The van der Waals surface area contributed by atoms with E-state index in [1.165, 1.54) is 0 Å². The third kappa shape index (κ3) is 4.32. The van der Waals surface area contributed by atoms with E-state index in [-0.39, 0.29) is 17.9 Å². The number of rotatable bonds is 6. The molecule has 8 heteroatoms. The van der Waals surface area contributed by atoms with E-state index in [9.17, 15) is 25.2 Å². The third-order valence-corrected chi connectivity index (χ3v) is 4.46. The lowest BCUT2D eigenvalue weighted by Crippen LogP contribution is -2.61. The van der Waals surface area contributed by atoms with Crippen LogP contribution in [0, 0.1) is 0 Å². The van der Waals surface area contributed by atoms with E-state index in [1.54, 1.807) is 54.6 Å². The molecular weight excluding hydrogens is 368 g/mol. The Balaban J connectivity index is 1.85. The minimum absolute atomic E-state index is 0.253. The van der Waals surface area contributed by atoms with Gasteiger partial charge in [0.15, 0.2) is 6.10 Å². The SMILES string of the molecule is O=C(O[C@H]1[C@@H](Oc2ccccc2CO)O[C@@H](CO)[C@@H](O)[C@@H]1O)c1ccccc1. The topological polar surface area (TPSA) is 126 Å². The summed E-state index contributed by atoms with van der Waals surface area (Å²) in [5.74, 6) is -0.469. The van der Waals surface area contributed by atoms with Crippen molar-refractivity contribution in [3.05, 3.63) is 65.7 Å². The summed E-state index contributed by atoms with van der Waals surface area (Å²) < 4.78 is 16.6. The molecule has 5 atom stereocenters. The highest BCUT2D eigenvalue weighted by atomic mass is 16.7. The predicted molar refractivity (Wildman–Crippen MR) is 96.4 cm³/mol. The molecule has 0 aliphatic carbocycles. The highest BCUT2D eigenvalue weighted by Gasteiger charge is 2.48. The van der Waals surface area contributed by atoms with Crippen molar-refractivity contribution in [3.63, 3.8) is 0 Å². The summed E-state index contributed by atoms with van der Waals surface area (Å²) in [6.07, 6.45) is -6.84. The molecule has 8 nitrogen and oxygen atoms in total. The lowest BCUT2D eigenvalue weighted by molar-refractivity contribution is -0.276. The van der Waals surface area contributed by atoms with Crippen molar-refractivity contribution in [2.24, 2.45) is 0 Å². The number of carbonyl (C=O) groups is 1. The molecule has 0 saturated carbocycles. The Morgan fingerprint density at radius 2 is 1.64 bits per heavy atom. The van der Waals surface area contributed by atoms with Gasteiger partial charge in [-0.25, -0.2) is 4.79 Å². The van der Waals surface area contributed by atoms with Crippen LogP contribution in [-0.2, 0) is 16.1 Å². The summed E-state index contributed by atoms with van der Waals surface area (Å²) in [6.45, 7) is -0.870. The second-order valence-corrected chi connectivity index (χ2v) is 6.33. The Morgan fingerprint density at radius 1 is 0.964 bits per heavy atom. The number of hydrogen-bond acceptors (Lipinski definition) is 8. The molecule has 1 heterocycles. The van der Waals surface area contributed by atoms with Crippen molar-refractivity contribution in [2.75, 3.05) is 6.61 Å². The van der Waals surface area contributed by atoms with Gasteiger partial charge in [-0.3, -0.25) is 0 Å². The van der Waals surface area contributed by atoms with Crippen molar-refractivity contribution in [2.45, 2.75) is 37.3 Å². The monoisotopic (exact) mass is 390 g/mol. The van der Waals surface area contributed by atoms with E-state index in [0.29, 0.717) is 5.56 Å². The summed E-state index contributed by atoms with van der Waals surface area (Å²) in [5, 5.41) is 39.5. The van der Waals surface area contributed by atoms with Gasteiger partial charge in [0.2, 0.25) is 6.29 Å². The summed E-state index contributed by atoms with van der Waals surface area (Å²) in [4.78, 5) is 12.4. The van der Waals surface area contributed by atoms with Gasteiger partial charge >= 0.3 is 5.97 Å². The first kappa shape index (κ1) is 20.2. The standard InChI is InChI=1S/C20H22O8/c21-10-13-8-4-5-9-14(13)26-20-18(17(24)16(23)15(11-22)27-20)28-19(25)12-6-2-1-3-7-12/h1-9,15-18,20-24H,10-11H2/t15-,16+,17-,18+,20-/m0/s1. The highest BCUT2D eigenvalue weighted by Crippen LogP contribution is 2.28. The zero-order valence-electron chi connectivity index (χ0n) is 14.9. The molecule has 0 bridgehead atoms. The lowest BCUT2D eigenvalue weighted by atomic mass is 9.99. The van der Waals surface area contributed by atoms with Crippen LogP contribution in [0.2, 0.25) is 0 Å². The molecule has 0 unspecified atom stereocenters. The van der Waals surface area contributed by atoms with E-state index >= 15 is 0 Å². The molecule has 1 aliphatic heterocycles. The van der Waals surface area contributed by atoms with Crippen LogP contribution in [0.1, 0.15) is 15.9 Å². The summed E-state index contributed by atoms with van der Waals surface area (Å²) >= 11 is 0. The largest absolute Gasteiger partial charge is 0.460 e. The van der Waals surface area contributed by atoms with Gasteiger partial charge in [-0.1, -0.05) is 36.4 Å². The number of aliphatic hydroxyl groups excluding tert-OH is 4. The molecule has 4 N–H and O–H groups in total. The van der Waals surface area contributed by atoms with E-state index < -0.39 is 43.3 Å². The normalized spacial score (nSPS) is 27.2. The summed E-state index contributed by atoms with van der Waals surface area (Å²) in [6, 6.07) is 14.7. The van der Waals surface area contributed by atoms with Gasteiger partial charge in [0, 0.05) is 5.56 Å². The molecule has 1 saturated heterocycles. The minimum atomic E-state index is -1.55. The molecule has 2 aromatic carbocycles. The zero-order chi connectivity index (χ0) is 20.1. The average Bonchev–Trinajstić information content (AvgIpc) is 2.74. The minimum Gasteiger partial charge on any atom is -0.460 e. The van der Waals surface area contributed by atoms with Gasteiger partial charge in [0.05, 0.1) is 18.8 Å². The Labute approximate surface area is 161 Å². The molecule has 0 spiro atoms. The van der Waals surface area contributed by atoms with Gasteiger partial charge in [-0.05, 0) is 18.2 Å². The fraction of sp³-hybridized carbons (Fsp3) is 0.350. The maximum Gasteiger partial charge on any atom is 0.338 e. The first-order valence-electron chi connectivity index (χ1n) is 8.79. The summed E-state index contributed by atoms with van der Waals surface area (Å²) in [7, 11) is 0. The molecule has 28 heavy (non-hydrogen) atoms. The zero-order valence-corrected chi connectivity index (χ0v) is 14.9. The van der Waals surface area contributed by atoms with Crippen molar-refractivity contribution in [1.29, 1.82) is 0 Å². The number of aliphatic hydroxyl groups is 4. The van der Waals surface area contributed by atoms with Gasteiger partial charge in [0.1, 0.15) is 24.1 Å². The van der Waals surface area contributed by atoms with Crippen LogP contribution >= 0.6 is 0 Å². The Kier molecular flexibility index (Phi) is 6.61. The number of hydrogen-bond donors (Lipinski definition) is 4. The number of benzene rings is 2. The quantitative estimate of drug-likeness (QED) is 0.516. The van der Waals surface area contributed by atoms with Crippen molar-refractivity contribution in [1.82, 2.24) is 0 Å². The molecule has 3 rings (SSSR count). The van der Waals surface area contributed by atoms with Crippen LogP contribution < -0.4 is 4.74 Å². The van der Waals surface area contributed by atoms with Crippen molar-refractivity contribution < 1.29 is 39.4 Å². The van der Waals surface area contributed by atoms with E-state index in [4.69, 9.17) is 14.2 Å². The van der Waals surface area contributed by atoms with Crippen LogP contribution in [0.4, 0.5) is 0 Å². The van der Waals surface area contributed by atoms with Crippen LogP contribution in [0.25, 0.3) is 0 Å². The predicted octanol–water partition coefficient (Wildman–Crippen LogP) is 0.222. The van der Waals surface area contributed by atoms with Crippen molar-refractivity contribution >= 4 is 5.97 Å². The van der Waals surface area contributed by atoms with E-state index in [2.05, 4.69) is 0 Å². The molecular formula is C20H22O8. The van der Waals surface area contributed by atoms with E-state index in [1.807, 2.05) is 0 Å².